The summed E-state index contributed by atoms with van der Waals surface area (Å²) in [7, 11) is 0. The third kappa shape index (κ3) is 5.29. The molecular weight excluding hydrogens is 299 g/mol. The Balaban J connectivity index is 1.65. The molecule has 0 radical (unpaired) electrons. The van der Waals surface area contributed by atoms with E-state index in [0.29, 0.717) is 6.04 Å². The summed E-state index contributed by atoms with van der Waals surface area (Å²) in [5.74, 6) is 0.954. The van der Waals surface area contributed by atoms with Gasteiger partial charge in [-0.05, 0) is 25.0 Å². The van der Waals surface area contributed by atoms with E-state index < -0.39 is 0 Å². The first-order valence-electron chi connectivity index (χ1n) is 7.96. The second-order valence-electron chi connectivity index (χ2n) is 6.06. The zero-order valence-electron chi connectivity index (χ0n) is 13.3. The van der Waals surface area contributed by atoms with Gasteiger partial charge in [0.15, 0.2) is 0 Å². The number of nitrogens with zero attached hydrogens (tertiary/aromatic N) is 1. The summed E-state index contributed by atoms with van der Waals surface area (Å²) in [6.45, 7) is 6.81. The van der Waals surface area contributed by atoms with Crippen LogP contribution in [0.3, 0.4) is 0 Å². The molecule has 3 nitrogen and oxygen atoms in total. The first-order valence-corrected chi connectivity index (χ1v) is 8.95. The third-order valence-corrected chi connectivity index (χ3v) is 4.99. The number of benzene rings is 1. The van der Waals surface area contributed by atoms with Gasteiger partial charge in [-0.15, -0.1) is 11.8 Å². The maximum atomic E-state index is 13.5. The van der Waals surface area contributed by atoms with E-state index in [1.165, 1.54) is 6.07 Å². The fraction of sp³-hybridized carbons (Fsp3) is 0.588. The Bertz CT molecular complexity index is 487. The predicted octanol–water partition coefficient (Wildman–Crippen LogP) is 3.15. The number of halogens is 1. The van der Waals surface area contributed by atoms with E-state index in [1.807, 2.05) is 26.0 Å². The SMILES string of the molecule is CC(C)C(=O)NC1CCN(CCSc2ccccc2F)CC1. The van der Waals surface area contributed by atoms with Crippen LogP contribution < -0.4 is 5.32 Å². The number of nitrogens with one attached hydrogen (secondary N) is 1. The minimum atomic E-state index is -0.136. The summed E-state index contributed by atoms with van der Waals surface area (Å²) in [5, 5.41) is 3.11. The molecule has 5 heteroatoms. The van der Waals surface area contributed by atoms with Crippen molar-refractivity contribution < 1.29 is 9.18 Å². The monoisotopic (exact) mass is 324 g/mol. The van der Waals surface area contributed by atoms with Crippen molar-refractivity contribution in [3.8, 4) is 0 Å². The van der Waals surface area contributed by atoms with Gasteiger partial charge < -0.3 is 10.2 Å². The lowest BCUT2D eigenvalue weighted by Gasteiger charge is -2.32. The highest BCUT2D eigenvalue weighted by molar-refractivity contribution is 7.99. The Labute approximate surface area is 136 Å². The number of likely N-dealkylation sites (tertiary alicyclic amines) is 1. The molecule has 1 N–H and O–H groups in total. The fourth-order valence-electron chi connectivity index (χ4n) is 2.52. The van der Waals surface area contributed by atoms with Gasteiger partial charge in [0, 0.05) is 42.2 Å². The summed E-state index contributed by atoms with van der Waals surface area (Å²) in [5.41, 5.74) is 0. The van der Waals surface area contributed by atoms with Crippen molar-refractivity contribution in [3.63, 3.8) is 0 Å². The summed E-state index contributed by atoms with van der Waals surface area (Å²) in [6.07, 6.45) is 2.01. The van der Waals surface area contributed by atoms with E-state index in [-0.39, 0.29) is 17.6 Å². The lowest BCUT2D eigenvalue weighted by atomic mass is 10.0. The maximum Gasteiger partial charge on any atom is 0.222 e. The highest BCUT2D eigenvalue weighted by atomic mass is 32.2. The Kier molecular flexibility index (Phi) is 6.70. The summed E-state index contributed by atoms with van der Waals surface area (Å²) < 4.78 is 13.5. The molecule has 0 spiro atoms. The van der Waals surface area contributed by atoms with Crippen LogP contribution in [0.5, 0.6) is 0 Å². The second-order valence-corrected chi connectivity index (χ2v) is 7.19. The molecule has 0 saturated carbocycles. The van der Waals surface area contributed by atoms with Crippen LogP contribution in [-0.4, -0.2) is 42.2 Å². The first-order chi connectivity index (χ1) is 10.6. The third-order valence-electron chi connectivity index (χ3n) is 3.96. The first kappa shape index (κ1) is 17.3. The molecule has 1 amide bonds. The normalized spacial score (nSPS) is 16.9. The predicted molar refractivity (Wildman–Crippen MR) is 89.6 cm³/mol. The molecule has 22 heavy (non-hydrogen) atoms. The van der Waals surface area contributed by atoms with Crippen LogP contribution in [-0.2, 0) is 4.79 Å². The lowest BCUT2D eigenvalue weighted by Crippen LogP contribution is -2.46. The van der Waals surface area contributed by atoms with Gasteiger partial charge in [0.2, 0.25) is 5.91 Å². The van der Waals surface area contributed by atoms with E-state index in [0.717, 1.165) is 43.1 Å². The molecule has 1 saturated heterocycles. The standard InChI is InChI=1S/C17H25FN2OS/c1-13(2)17(21)19-14-7-9-20(10-8-14)11-12-22-16-6-4-3-5-15(16)18/h3-6,13-14H,7-12H2,1-2H3,(H,19,21). The molecule has 1 aliphatic rings. The van der Waals surface area contributed by atoms with Crippen LogP contribution in [0.4, 0.5) is 4.39 Å². The Morgan fingerprint density at radius 3 is 2.68 bits per heavy atom. The van der Waals surface area contributed by atoms with Crippen molar-refractivity contribution >= 4 is 17.7 Å². The van der Waals surface area contributed by atoms with Crippen LogP contribution in [0.15, 0.2) is 29.2 Å². The van der Waals surface area contributed by atoms with Crippen molar-refractivity contribution in [2.75, 3.05) is 25.4 Å². The van der Waals surface area contributed by atoms with Crippen molar-refractivity contribution in [1.29, 1.82) is 0 Å². The lowest BCUT2D eigenvalue weighted by molar-refractivity contribution is -0.125. The molecule has 122 valence electrons. The molecule has 0 aliphatic carbocycles. The van der Waals surface area contributed by atoms with E-state index in [1.54, 1.807) is 17.8 Å². The number of piperidine rings is 1. The zero-order chi connectivity index (χ0) is 15.9. The van der Waals surface area contributed by atoms with E-state index in [2.05, 4.69) is 10.2 Å². The summed E-state index contributed by atoms with van der Waals surface area (Å²) >= 11 is 1.57. The quantitative estimate of drug-likeness (QED) is 0.816. The number of carbonyl (C=O) groups is 1. The van der Waals surface area contributed by atoms with Crippen LogP contribution in [0.2, 0.25) is 0 Å². The van der Waals surface area contributed by atoms with E-state index >= 15 is 0 Å². The number of thioether (sulfide) groups is 1. The highest BCUT2D eigenvalue weighted by Gasteiger charge is 2.21. The van der Waals surface area contributed by atoms with Crippen molar-refractivity contribution in [2.45, 2.75) is 37.6 Å². The number of hydrogen-bond acceptors (Lipinski definition) is 3. The summed E-state index contributed by atoms with van der Waals surface area (Å²) in [4.78, 5) is 14.8. The van der Waals surface area contributed by atoms with Gasteiger partial charge in [0.25, 0.3) is 0 Å². The van der Waals surface area contributed by atoms with Crippen LogP contribution in [0.25, 0.3) is 0 Å². The number of hydrogen-bond donors (Lipinski definition) is 1. The van der Waals surface area contributed by atoms with Gasteiger partial charge in [-0.2, -0.15) is 0 Å². The van der Waals surface area contributed by atoms with Crippen molar-refractivity contribution in [2.24, 2.45) is 5.92 Å². The van der Waals surface area contributed by atoms with Gasteiger partial charge in [-0.1, -0.05) is 26.0 Å². The zero-order valence-corrected chi connectivity index (χ0v) is 14.2. The average Bonchev–Trinajstić information content (AvgIpc) is 2.51. The van der Waals surface area contributed by atoms with Gasteiger partial charge >= 0.3 is 0 Å². The number of carbonyl (C=O) groups excluding carboxylic acids is 1. The Hall–Kier alpha value is -1.07. The fourth-order valence-corrected chi connectivity index (χ4v) is 3.47. The topological polar surface area (TPSA) is 32.3 Å². The molecule has 2 rings (SSSR count). The highest BCUT2D eigenvalue weighted by Crippen LogP contribution is 2.21. The Morgan fingerprint density at radius 1 is 1.36 bits per heavy atom. The minimum absolute atomic E-state index is 0.0511. The van der Waals surface area contributed by atoms with Crippen LogP contribution in [0, 0.1) is 11.7 Å². The smallest absolute Gasteiger partial charge is 0.222 e. The van der Waals surface area contributed by atoms with Gasteiger partial charge in [0.05, 0.1) is 0 Å². The van der Waals surface area contributed by atoms with Crippen molar-refractivity contribution in [3.05, 3.63) is 30.1 Å². The number of amides is 1. The van der Waals surface area contributed by atoms with E-state index in [9.17, 15) is 9.18 Å². The molecule has 1 fully saturated rings. The van der Waals surface area contributed by atoms with Crippen LogP contribution >= 0.6 is 11.8 Å². The molecule has 0 unspecified atom stereocenters. The number of rotatable bonds is 6. The minimum Gasteiger partial charge on any atom is -0.353 e. The van der Waals surface area contributed by atoms with Gasteiger partial charge in [0.1, 0.15) is 5.82 Å². The Morgan fingerprint density at radius 2 is 2.05 bits per heavy atom. The molecule has 0 aromatic heterocycles. The van der Waals surface area contributed by atoms with Crippen molar-refractivity contribution in [1.82, 2.24) is 10.2 Å². The molecular formula is C17H25FN2OS. The summed E-state index contributed by atoms with van der Waals surface area (Å²) in [6, 6.07) is 7.23. The van der Waals surface area contributed by atoms with Gasteiger partial charge in [-0.25, -0.2) is 4.39 Å². The molecule has 1 heterocycles. The molecule has 0 atom stereocenters. The average molecular weight is 324 g/mol. The van der Waals surface area contributed by atoms with Crippen LogP contribution in [0.1, 0.15) is 26.7 Å². The molecule has 1 aromatic rings. The molecule has 1 aromatic carbocycles. The second kappa shape index (κ2) is 8.53. The largest absolute Gasteiger partial charge is 0.353 e. The van der Waals surface area contributed by atoms with E-state index in [4.69, 9.17) is 0 Å². The molecule has 1 aliphatic heterocycles. The van der Waals surface area contributed by atoms with Gasteiger partial charge in [-0.3, -0.25) is 4.79 Å². The maximum absolute atomic E-state index is 13.5. The molecule has 0 bridgehead atoms.